The second-order valence-electron chi connectivity index (χ2n) is 6.13. The van der Waals surface area contributed by atoms with Crippen LogP contribution in [0.25, 0.3) is 45.1 Å². The molecule has 7 nitrogen and oxygen atoms in total. The minimum absolute atomic E-state index is 0.0624. The molecule has 0 fully saturated rings. The number of hydrogen-bond donors (Lipinski definition) is 1. The van der Waals surface area contributed by atoms with E-state index in [1.54, 1.807) is 18.2 Å². The summed E-state index contributed by atoms with van der Waals surface area (Å²) < 4.78 is 44.3. The van der Waals surface area contributed by atoms with Gasteiger partial charge in [0, 0.05) is 11.1 Å². The van der Waals surface area contributed by atoms with Gasteiger partial charge in [-0.3, -0.25) is 4.55 Å². The molecule has 5 aromatic rings. The normalized spacial score (nSPS) is 12.0. The second kappa shape index (κ2) is 6.01. The van der Waals surface area contributed by atoms with E-state index < -0.39 is 10.1 Å². The number of hydrogen-bond acceptors (Lipinski definition) is 6. The number of nitrogens with zero attached hydrogens (tertiary/aromatic N) is 2. The lowest BCUT2D eigenvalue weighted by Crippen LogP contribution is -1.98. The van der Waals surface area contributed by atoms with Gasteiger partial charge < -0.3 is 8.83 Å². The van der Waals surface area contributed by atoms with E-state index in [9.17, 15) is 13.0 Å². The third kappa shape index (κ3) is 2.67. The van der Waals surface area contributed by atoms with E-state index in [1.807, 2.05) is 36.4 Å². The van der Waals surface area contributed by atoms with Crippen molar-refractivity contribution in [3.8, 4) is 22.9 Å². The Morgan fingerprint density at radius 3 is 2.04 bits per heavy atom. The smallest absolute Gasteiger partial charge is 0.296 e. The Morgan fingerprint density at radius 1 is 0.714 bits per heavy atom. The highest BCUT2D eigenvalue weighted by Crippen LogP contribution is 2.35. The van der Waals surface area contributed by atoms with E-state index in [1.165, 1.54) is 12.1 Å². The van der Waals surface area contributed by atoms with Crippen LogP contribution in [-0.2, 0) is 10.1 Å². The highest BCUT2D eigenvalue weighted by molar-refractivity contribution is 7.86. The number of para-hydroxylation sites is 3. The van der Waals surface area contributed by atoms with E-state index in [0.717, 1.165) is 5.52 Å². The van der Waals surface area contributed by atoms with Gasteiger partial charge in [0.05, 0.1) is 0 Å². The van der Waals surface area contributed by atoms with Gasteiger partial charge in [-0.15, -0.1) is 0 Å². The highest BCUT2D eigenvalue weighted by Gasteiger charge is 2.21. The van der Waals surface area contributed by atoms with Gasteiger partial charge in [-0.05, 0) is 36.4 Å². The van der Waals surface area contributed by atoms with E-state index in [4.69, 9.17) is 8.83 Å². The van der Waals surface area contributed by atoms with Crippen LogP contribution in [-0.4, -0.2) is 22.9 Å². The zero-order valence-electron chi connectivity index (χ0n) is 14.2. The van der Waals surface area contributed by atoms with E-state index in [0.29, 0.717) is 22.6 Å². The molecular formula is C20H12N2O5S. The average Bonchev–Trinajstić information content (AvgIpc) is 3.30. The van der Waals surface area contributed by atoms with E-state index >= 15 is 0 Å². The number of aromatic nitrogens is 2. The van der Waals surface area contributed by atoms with Gasteiger partial charge in [0.2, 0.25) is 11.8 Å². The predicted molar refractivity (Wildman–Crippen MR) is 102 cm³/mol. The summed E-state index contributed by atoms with van der Waals surface area (Å²) in [6, 6.07) is 19.0. The number of oxazole rings is 2. The van der Waals surface area contributed by atoms with Crippen molar-refractivity contribution in [1.82, 2.24) is 9.97 Å². The van der Waals surface area contributed by atoms with Crippen LogP contribution in [0.5, 0.6) is 0 Å². The van der Waals surface area contributed by atoms with Crippen molar-refractivity contribution < 1.29 is 21.8 Å². The average molecular weight is 392 g/mol. The standard InChI is InChI=1S/C20H12N2O5S/c23-28(24,25)17-11-5-10-16-18(17)22-20(27-16)13-7-2-1-6-12(13)19-21-14-8-3-4-9-15(14)26-19/h1-11H,(H,23,24,25). The Bertz CT molecular complexity index is 1420. The summed E-state index contributed by atoms with van der Waals surface area (Å²) in [5, 5.41) is 0. The first-order valence-electron chi connectivity index (χ1n) is 8.33. The summed E-state index contributed by atoms with van der Waals surface area (Å²) in [6.45, 7) is 0. The van der Waals surface area contributed by atoms with Gasteiger partial charge >= 0.3 is 0 Å². The molecule has 0 saturated heterocycles. The minimum atomic E-state index is -4.43. The van der Waals surface area contributed by atoms with Crippen LogP contribution < -0.4 is 0 Å². The van der Waals surface area contributed by atoms with Crippen molar-refractivity contribution >= 4 is 32.3 Å². The maximum absolute atomic E-state index is 11.6. The molecule has 28 heavy (non-hydrogen) atoms. The predicted octanol–water partition coefficient (Wildman–Crippen LogP) is 4.55. The SMILES string of the molecule is O=S(=O)(O)c1cccc2oc(-c3ccccc3-c3nc4ccccc4o3)nc12. The van der Waals surface area contributed by atoms with Gasteiger partial charge in [0.25, 0.3) is 10.1 Å². The maximum atomic E-state index is 11.6. The molecule has 0 spiro atoms. The van der Waals surface area contributed by atoms with Crippen LogP contribution in [0, 0.1) is 0 Å². The molecular weight excluding hydrogens is 380 g/mol. The monoisotopic (exact) mass is 392 g/mol. The zero-order chi connectivity index (χ0) is 19.3. The fraction of sp³-hybridized carbons (Fsp3) is 0. The van der Waals surface area contributed by atoms with Crippen LogP contribution in [0.2, 0.25) is 0 Å². The van der Waals surface area contributed by atoms with Gasteiger partial charge in [-0.2, -0.15) is 8.42 Å². The molecule has 5 rings (SSSR count). The number of fused-ring (bicyclic) bond motifs is 2. The van der Waals surface area contributed by atoms with E-state index in [-0.39, 0.29) is 21.9 Å². The molecule has 3 aromatic carbocycles. The maximum Gasteiger partial charge on any atom is 0.296 e. The number of rotatable bonds is 3. The molecule has 0 atom stereocenters. The molecule has 0 aliphatic rings. The summed E-state index contributed by atoms with van der Waals surface area (Å²) in [6.07, 6.45) is 0. The third-order valence-corrected chi connectivity index (χ3v) is 5.23. The van der Waals surface area contributed by atoms with Crippen LogP contribution in [0.3, 0.4) is 0 Å². The van der Waals surface area contributed by atoms with Crippen molar-refractivity contribution in [2.75, 3.05) is 0 Å². The lowest BCUT2D eigenvalue weighted by molar-refractivity contribution is 0.484. The molecule has 0 unspecified atom stereocenters. The molecule has 0 aliphatic carbocycles. The van der Waals surface area contributed by atoms with Crippen LogP contribution in [0.1, 0.15) is 0 Å². The Balaban J connectivity index is 1.73. The molecule has 0 aliphatic heterocycles. The van der Waals surface area contributed by atoms with Gasteiger partial charge in [0.15, 0.2) is 11.2 Å². The van der Waals surface area contributed by atoms with Gasteiger partial charge in [-0.25, -0.2) is 9.97 Å². The van der Waals surface area contributed by atoms with Crippen molar-refractivity contribution in [2.24, 2.45) is 0 Å². The van der Waals surface area contributed by atoms with Gasteiger partial charge in [-0.1, -0.05) is 30.3 Å². The van der Waals surface area contributed by atoms with Crippen LogP contribution in [0.15, 0.2) is 80.5 Å². The summed E-state index contributed by atoms with van der Waals surface area (Å²) in [5.41, 5.74) is 2.92. The molecule has 1 N–H and O–H groups in total. The lowest BCUT2D eigenvalue weighted by atomic mass is 10.1. The highest BCUT2D eigenvalue weighted by atomic mass is 32.2. The zero-order valence-corrected chi connectivity index (χ0v) is 15.1. The fourth-order valence-electron chi connectivity index (χ4n) is 3.09. The first-order valence-corrected chi connectivity index (χ1v) is 9.77. The Labute approximate surface area is 159 Å². The summed E-state index contributed by atoms with van der Waals surface area (Å²) in [7, 11) is -4.43. The van der Waals surface area contributed by atoms with Gasteiger partial charge in [0.1, 0.15) is 15.9 Å². The molecule has 0 amide bonds. The van der Waals surface area contributed by atoms with Crippen molar-refractivity contribution in [3.63, 3.8) is 0 Å². The van der Waals surface area contributed by atoms with Crippen molar-refractivity contribution in [3.05, 3.63) is 66.7 Å². The molecule has 0 saturated carbocycles. The Hall–Kier alpha value is -3.49. The molecule has 0 bridgehead atoms. The molecule has 0 radical (unpaired) electrons. The Kier molecular flexibility index (Phi) is 3.58. The second-order valence-corrected chi connectivity index (χ2v) is 7.52. The third-order valence-electron chi connectivity index (χ3n) is 4.34. The topological polar surface area (TPSA) is 106 Å². The minimum Gasteiger partial charge on any atom is -0.436 e. The molecule has 138 valence electrons. The lowest BCUT2D eigenvalue weighted by Gasteiger charge is -2.01. The van der Waals surface area contributed by atoms with Crippen molar-refractivity contribution in [2.45, 2.75) is 4.90 Å². The first-order chi connectivity index (χ1) is 13.5. The quantitative estimate of drug-likeness (QED) is 0.449. The molecule has 8 heteroatoms. The summed E-state index contributed by atoms with van der Waals surface area (Å²) >= 11 is 0. The van der Waals surface area contributed by atoms with E-state index in [2.05, 4.69) is 9.97 Å². The largest absolute Gasteiger partial charge is 0.436 e. The summed E-state index contributed by atoms with van der Waals surface area (Å²) in [5.74, 6) is 0.595. The van der Waals surface area contributed by atoms with Crippen LogP contribution in [0.4, 0.5) is 0 Å². The summed E-state index contributed by atoms with van der Waals surface area (Å²) in [4.78, 5) is 8.52. The molecule has 2 heterocycles. The first kappa shape index (κ1) is 16.7. The van der Waals surface area contributed by atoms with Crippen LogP contribution >= 0.6 is 0 Å². The number of benzene rings is 3. The van der Waals surface area contributed by atoms with Crippen molar-refractivity contribution in [1.29, 1.82) is 0 Å². The Morgan fingerprint density at radius 2 is 1.32 bits per heavy atom. The molecule has 2 aromatic heterocycles. The fourth-order valence-corrected chi connectivity index (χ4v) is 3.73.